The Kier molecular flexibility index (Phi) is 12.1. The van der Waals surface area contributed by atoms with Crippen molar-refractivity contribution in [1.29, 1.82) is 0 Å². The third kappa shape index (κ3) is 10.4. The summed E-state index contributed by atoms with van der Waals surface area (Å²) in [5.41, 5.74) is 0.764. The van der Waals surface area contributed by atoms with Gasteiger partial charge in [0.25, 0.3) is 0 Å². The fourth-order valence-corrected chi connectivity index (χ4v) is 1.78. The summed E-state index contributed by atoms with van der Waals surface area (Å²) in [4.78, 5) is 11.6. The lowest BCUT2D eigenvalue weighted by atomic mass is 10.1. The highest BCUT2D eigenvalue weighted by atomic mass is 16.5. The van der Waals surface area contributed by atoms with E-state index in [1.807, 2.05) is 13.0 Å². The molecule has 0 atom stereocenters. The van der Waals surface area contributed by atoms with Crippen molar-refractivity contribution in [1.82, 2.24) is 0 Å². The molecule has 0 N–H and O–H groups in total. The summed E-state index contributed by atoms with van der Waals surface area (Å²) in [5, 5.41) is 0. The van der Waals surface area contributed by atoms with Crippen LogP contribution < -0.4 is 0 Å². The topological polar surface area (TPSA) is 26.3 Å². The summed E-state index contributed by atoms with van der Waals surface area (Å²) in [6.07, 6.45) is 12.6. The fraction of sp³-hybridized carbons (Fsp3) is 0.812. The second-order valence-electron chi connectivity index (χ2n) is 4.93. The molecule has 0 radical (unpaired) electrons. The Morgan fingerprint density at radius 2 is 1.56 bits per heavy atom. The summed E-state index contributed by atoms with van der Waals surface area (Å²) >= 11 is 0. The highest BCUT2D eigenvalue weighted by Crippen LogP contribution is 2.06. The molecule has 0 fully saturated rings. The van der Waals surface area contributed by atoms with Gasteiger partial charge in [0.05, 0.1) is 6.61 Å². The van der Waals surface area contributed by atoms with Crippen LogP contribution in [0.3, 0.4) is 0 Å². The number of unbranched alkanes of at least 4 members (excludes halogenated alkanes) is 7. The number of hydrogen-bond acceptors (Lipinski definition) is 2. The predicted octanol–water partition coefficient (Wildman–Crippen LogP) is 5.03. The Morgan fingerprint density at radius 1 is 0.944 bits per heavy atom. The normalized spacial score (nSPS) is 11.6. The molecule has 0 aliphatic carbocycles. The van der Waals surface area contributed by atoms with E-state index in [4.69, 9.17) is 4.74 Å². The highest BCUT2D eigenvalue weighted by molar-refractivity contribution is 5.87. The van der Waals surface area contributed by atoms with Crippen LogP contribution in [0.2, 0.25) is 0 Å². The maximum atomic E-state index is 11.6. The molecule has 0 spiro atoms. The van der Waals surface area contributed by atoms with E-state index in [-0.39, 0.29) is 5.97 Å². The Bertz CT molecular complexity index is 231. The van der Waals surface area contributed by atoms with Crippen molar-refractivity contribution in [3.05, 3.63) is 11.6 Å². The summed E-state index contributed by atoms with van der Waals surface area (Å²) in [6.45, 7) is 6.81. The van der Waals surface area contributed by atoms with Gasteiger partial charge in [-0.25, -0.2) is 4.79 Å². The van der Waals surface area contributed by atoms with E-state index in [2.05, 4.69) is 13.8 Å². The first-order valence-corrected chi connectivity index (χ1v) is 7.56. The van der Waals surface area contributed by atoms with E-state index in [0.29, 0.717) is 6.61 Å². The van der Waals surface area contributed by atoms with Crippen LogP contribution in [0, 0.1) is 0 Å². The monoisotopic (exact) mass is 254 g/mol. The summed E-state index contributed by atoms with van der Waals surface area (Å²) in [7, 11) is 0. The maximum Gasteiger partial charge on any atom is 0.333 e. The third-order valence-electron chi connectivity index (χ3n) is 3.06. The van der Waals surface area contributed by atoms with E-state index in [0.717, 1.165) is 24.8 Å². The molecule has 0 rings (SSSR count). The maximum absolute atomic E-state index is 11.6. The quantitative estimate of drug-likeness (QED) is 0.294. The molecule has 0 amide bonds. The molecule has 0 unspecified atom stereocenters. The Balaban J connectivity index is 3.55. The van der Waals surface area contributed by atoms with Gasteiger partial charge in [-0.15, -0.1) is 0 Å². The zero-order chi connectivity index (χ0) is 13.6. The first-order chi connectivity index (χ1) is 8.72. The average Bonchev–Trinajstić information content (AvgIpc) is 2.38. The van der Waals surface area contributed by atoms with Crippen molar-refractivity contribution in [3.63, 3.8) is 0 Å². The second kappa shape index (κ2) is 12.7. The highest BCUT2D eigenvalue weighted by Gasteiger charge is 2.04. The molecule has 106 valence electrons. The van der Waals surface area contributed by atoms with Gasteiger partial charge < -0.3 is 4.74 Å². The first kappa shape index (κ1) is 17.2. The molecule has 2 nitrogen and oxygen atoms in total. The SMILES string of the molecule is CCCCCC=C(C)C(=O)OCCCCCCC. The zero-order valence-electron chi connectivity index (χ0n) is 12.5. The van der Waals surface area contributed by atoms with Crippen LogP contribution in [0.4, 0.5) is 0 Å². The van der Waals surface area contributed by atoms with Crippen molar-refractivity contribution >= 4 is 5.97 Å². The average molecular weight is 254 g/mol. The van der Waals surface area contributed by atoms with Gasteiger partial charge in [-0.2, -0.15) is 0 Å². The fourth-order valence-electron chi connectivity index (χ4n) is 1.78. The minimum absolute atomic E-state index is 0.137. The minimum atomic E-state index is -0.137. The Labute approximate surface area is 113 Å². The molecular formula is C16H30O2. The lowest BCUT2D eigenvalue weighted by molar-refractivity contribution is -0.139. The Morgan fingerprint density at radius 3 is 2.22 bits per heavy atom. The van der Waals surface area contributed by atoms with Crippen LogP contribution in [0.25, 0.3) is 0 Å². The van der Waals surface area contributed by atoms with E-state index in [9.17, 15) is 4.79 Å². The summed E-state index contributed by atoms with van der Waals surface area (Å²) in [6, 6.07) is 0. The molecule has 0 aromatic heterocycles. The van der Waals surface area contributed by atoms with Crippen LogP contribution in [0.5, 0.6) is 0 Å². The van der Waals surface area contributed by atoms with Crippen LogP contribution in [-0.4, -0.2) is 12.6 Å². The smallest absolute Gasteiger partial charge is 0.333 e. The number of rotatable bonds is 11. The number of carbonyl (C=O) groups excluding carboxylic acids is 1. The number of carbonyl (C=O) groups is 1. The van der Waals surface area contributed by atoms with Crippen LogP contribution in [0.15, 0.2) is 11.6 Å². The van der Waals surface area contributed by atoms with Gasteiger partial charge in [-0.3, -0.25) is 0 Å². The second-order valence-corrected chi connectivity index (χ2v) is 4.93. The summed E-state index contributed by atoms with van der Waals surface area (Å²) < 4.78 is 5.23. The molecule has 0 aliphatic heterocycles. The van der Waals surface area contributed by atoms with Gasteiger partial charge >= 0.3 is 5.97 Å². The molecule has 2 heteroatoms. The number of hydrogen-bond donors (Lipinski definition) is 0. The standard InChI is InChI=1S/C16H30O2/c1-4-6-8-10-12-14-18-16(17)15(3)13-11-9-7-5-2/h13H,4-12,14H2,1-3H3. The van der Waals surface area contributed by atoms with Crippen molar-refractivity contribution in [3.8, 4) is 0 Å². The minimum Gasteiger partial charge on any atom is -0.462 e. The summed E-state index contributed by atoms with van der Waals surface area (Å²) in [5.74, 6) is -0.137. The van der Waals surface area contributed by atoms with Crippen molar-refractivity contribution in [2.75, 3.05) is 6.61 Å². The van der Waals surface area contributed by atoms with Gasteiger partial charge in [-0.05, 0) is 26.2 Å². The van der Waals surface area contributed by atoms with Gasteiger partial charge in [0.15, 0.2) is 0 Å². The molecule has 0 aromatic rings. The van der Waals surface area contributed by atoms with E-state index < -0.39 is 0 Å². The van der Waals surface area contributed by atoms with Gasteiger partial charge in [0.1, 0.15) is 0 Å². The number of esters is 1. The number of ether oxygens (including phenoxy) is 1. The lowest BCUT2D eigenvalue weighted by Gasteiger charge is -2.05. The molecule has 0 saturated carbocycles. The van der Waals surface area contributed by atoms with Crippen molar-refractivity contribution in [2.24, 2.45) is 0 Å². The van der Waals surface area contributed by atoms with Crippen LogP contribution in [-0.2, 0) is 9.53 Å². The van der Waals surface area contributed by atoms with Gasteiger partial charge in [0, 0.05) is 5.57 Å². The third-order valence-corrected chi connectivity index (χ3v) is 3.06. The van der Waals surface area contributed by atoms with Crippen LogP contribution >= 0.6 is 0 Å². The molecule has 0 saturated heterocycles. The van der Waals surface area contributed by atoms with E-state index in [1.165, 1.54) is 38.5 Å². The first-order valence-electron chi connectivity index (χ1n) is 7.56. The van der Waals surface area contributed by atoms with E-state index in [1.54, 1.807) is 0 Å². The Hall–Kier alpha value is -0.790. The van der Waals surface area contributed by atoms with Crippen LogP contribution in [0.1, 0.15) is 78.6 Å². The molecule has 0 aliphatic rings. The molecule has 0 bridgehead atoms. The molecule has 0 aromatic carbocycles. The van der Waals surface area contributed by atoms with E-state index >= 15 is 0 Å². The predicted molar refractivity (Wildman–Crippen MR) is 77.6 cm³/mol. The van der Waals surface area contributed by atoms with Gasteiger partial charge in [0.2, 0.25) is 0 Å². The largest absolute Gasteiger partial charge is 0.462 e. The zero-order valence-corrected chi connectivity index (χ0v) is 12.5. The molecular weight excluding hydrogens is 224 g/mol. The lowest BCUT2D eigenvalue weighted by Crippen LogP contribution is -2.07. The number of allylic oxidation sites excluding steroid dienone is 1. The van der Waals surface area contributed by atoms with Crippen molar-refractivity contribution in [2.45, 2.75) is 78.6 Å². The molecule has 18 heavy (non-hydrogen) atoms. The molecule has 0 heterocycles. The van der Waals surface area contributed by atoms with Gasteiger partial charge in [-0.1, -0.05) is 58.4 Å². The van der Waals surface area contributed by atoms with Crippen molar-refractivity contribution < 1.29 is 9.53 Å².